The third kappa shape index (κ3) is 3.39. The molecule has 3 rings (SSSR count). The zero-order chi connectivity index (χ0) is 14.8. The minimum absolute atomic E-state index is 0.519. The number of nitrogens with zero attached hydrogens (tertiary/aromatic N) is 4. The molecule has 112 valence electrons. The molecule has 2 aromatic heterocycles. The van der Waals surface area contributed by atoms with Gasteiger partial charge in [-0.2, -0.15) is 0 Å². The van der Waals surface area contributed by atoms with E-state index in [1.807, 2.05) is 19.2 Å². The third-order valence-electron chi connectivity index (χ3n) is 3.85. The second kappa shape index (κ2) is 6.07. The van der Waals surface area contributed by atoms with Crippen LogP contribution in [0.2, 0.25) is 0 Å². The Morgan fingerprint density at radius 2 is 2.19 bits per heavy atom. The van der Waals surface area contributed by atoms with Crippen molar-refractivity contribution in [3.63, 3.8) is 0 Å². The Kier molecular flexibility index (Phi) is 4.17. The van der Waals surface area contributed by atoms with Gasteiger partial charge in [-0.25, -0.2) is 15.0 Å². The average molecular weight is 303 g/mol. The number of thiazole rings is 1. The number of likely N-dealkylation sites (tertiary alicyclic amines) is 1. The van der Waals surface area contributed by atoms with Crippen molar-refractivity contribution >= 4 is 22.3 Å². The van der Waals surface area contributed by atoms with E-state index in [-0.39, 0.29) is 0 Å². The van der Waals surface area contributed by atoms with E-state index in [0.717, 1.165) is 41.3 Å². The number of aryl methyl sites for hydroxylation is 2. The SMILES string of the molecule is CCN1CCC(c2cc(Nc3nc(C)cs3)nc(C)n2)C1. The highest BCUT2D eigenvalue weighted by atomic mass is 32.1. The molecule has 0 spiro atoms. The summed E-state index contributed by atoms with van der Waals surface area (Å²) >= 11 is 1.60. The first-order valence-electron chi connectivity index (χ1n) is 7.41. The van der Waals surface area contributed by atoms with Crippen molar-refractivity contribution in [2.45, 2.75) is 33.1 Å². The Labute approximate surface area is 129 Å². The average Bonchev–Trinajstić information content (AvgIpc) is 3.07. The molecule has 0 saturated carbocycles. The van der Waals surface area contributed by atoms with E-state index < -0.39 is 0 Å². The van der Waals surface area contributed by atoms with Crippen LogP contribution in [0.4, 0.5) is 10.9 Å². The van der Waals surface area contributed by atoms with Crippen LogP contribution in [0.15, 0.2) is 11.4 Å². The van der Waals surface area contributed by atoms with Gasteiger partial charge in [-0.05, 0) is 33.4 Å². The molecular formula is C15H21N5S. The van der Waals surface area contributed by atoms with Crippen LogP contribution in [0.5, 0.6) is 0 Å². The van der Waals surface area contributed by atoms with E-state index in [4.69, 9.17) is 0 Å². The maximum absolute atomic E-state index is 4.64. The van der Waals surface area contributed by atoms with Crippen LogP contribution >= 0.6 is 11.3 Å². The van der Waals surface area contributed by atoms with Gasteiger partial charge >= 0.3 is 0 Å². The molecule has 1 unspecified atom stereocenters. The van der Waals surface area contributed by atoms with Crippen molar-refractivity contribution in [3.8, 4) is 0 Å². The maximum Gasteiger partial charge on any atom is 0.188 e. The van der Waals surface area contributed by atoms with Gasteiger partial charge in [0.05, 0.1) is 11.4 Å². The summed E-state index contributed by atoms with van der Waals surface area (Å²) in [7, 11) is 0. The monoisotopic (exact) mass is 303 g/mol. The van der Waals surface area contributed by atoms with Gasteiger partial charge in [0, 0.05) is 23.9 Å². The van der Waals surface area contributed by atoms with Crippen molar-refractivity contribution in [3.05, 3.63) is 28.7 Å². The lowest BCUT2D eigenvalue weighted by atomic mass is 10.0. The zero-order valence-corrected chi connectivity index (χ0v) is 13.6. The molecule has 0 aliphatic carbocycles. The zero-order valence-electron chi connectivity index (χ0n) is 12.8. The Bertz CT molecular complexity index is 624. The molecule has 6 heteroatoms. The molecule has 1 saturated heterocycles. The topological polar surface area (TPSA) is 53.9 Å². The number of aromatic nitrogens is 3. The van der Waals surface area contributed by atoms with E-state index in [9.17, 15) is 0 Å². The second-order valence-electron chi connectivity index (χ2n) is 5.52. The maximum atomic E-state index is 4.64. The summed E-state index contributed by atoms with van der Waals surface area (Å²) in [6.07, 6.45) is 1.18. The van der Waals surface area contributed by atoms with Gasteiger partial charge in [-0.1, -0.05) is 6.92 Å². The Morgan fingerprint density at radius 3 is 2.86 bits per heavy atom. The summed E-state index contributed by atoms with van der Waals surface area (Å²) in [4.78, 5) is 16.0. The fourth-order valence-corrected chi connectivity index (χ4v) is 3.44. The Morgan fingerprint density at radius 1 is 1.33 bits per heavy atom. The summed E-state index contributed by atoms with van der Waals surface area (Å²) in [6.45, 7) is 9.54. The van der Waals surface area contributed by atoms with Crippen LogP contribution < -0.4 is 5.32 Å². The van der Waals surface area contributed by atoms with Gasteiger partial charge in [0.1, 0.15) is 11.6 Å². The number of likely N-dealkylation sites (N-methyl/N-ethyl adjacent to an activating group) is 1. The summed E-state index contributed by atoms with van der Waals surface area (Å²) in [5, 5.41) is 6.22. The van der Waals surface area contributed by atoms with Gasteiger partial charge in [-0.3, -0.25) is 0 Å². The standard InChI is InChI=1S/C15H21N5S/c1-4-20-6-5-12(8-20)13-7-14(18-11(3)17-13)19-15-16-10(2)9-21-15/h7,9,12H,4-6,8H2,1-3H3,(H,16,17,18,19). The van der Waals surface area contributed by atoms with Crippen molar-refractivity contribution in [2.24, 2.45) is 0 Å². The highest BCUT2D eigenvalue weighted by Crippen LogP contribution is 2.28. The molecule has 0 amide bonds. The van der Waals surface area contributed by atoms with Gasteiger partial charge in [0.25, 0.3) is 0 Å². The molecule has 0 radical (unpaired) electrons. The van der Waals surface area contributed by atoms with Crippen LogP contribution in [0, 0.1) is 13.8 Å². The summed E-state index contributed by atoms with van der Waals surface area (Å²) in [6, 6.07) is 2.08. The lowest BCUT2D eigenvalue weighted by Gasteiger charge is -2.14. The number of hydrogen-bond donors (Lipinski definition) is 1. The van der Waals surface area contributed by atoms with Crippen LogP contribution in [0.3, 0.4) is 0 Å². The van der Waals surface area contributed by atoms with Crippen LogP contribution in [0.1, 0.15) is 36.5 Å². The van der Waals surface area contributed by atoms with Gasteiger partial charge in [0.15, 0.2) is 5.13 Å². The summed E-state index contributed by atoms with van der Waals surface area (Å²) in [5.74, 6) is 2.19. The smallest absolute Gasteiger partial charge is 0.188 e. The van der Waals surface area contributed by atoms with Crippen molar-refractivity contribution in [1.29, 1.82) is 0 Å². The molecule has 5 nitrogen and oxygen atoms in total. The van der Waals surface area contributed by atoms with Gasteiger partial charge < -0.3 is 10.2 Å². The minimum atomic E-state index is 0.519. The molecule has 1 aliphatic rings. The largest absolute Gasteiger partial charge is 0.316 e. The predicted octanol–water partition coefficient (Wildman–Crippen LogP) is 3.10. The second-order valence-corrected chi connectivity index (χ2v) is 6.38. The first kappa shape index (κ1) is 14.4. The fraction of sp³-hybridized carbons (Fsp3) is 0.533. The summed E-state index contributed by atoms with van der Waals surface area (Å²) in [5.41, 5.74) is 2.18. The number of rotatable bonds is 4. The van der Waals surface area contributed by atoms with Gasteiger partial charge in [-0.15, -0.1) is 11.3 Å². The highest BCUT2D eigenvalue weighted by molar-refractivity contribution is 7.13. The van der Waals surface area contributed by atoms with Crippen molar-refractivity contribution < 1.29 is 0 Å². The molecule has 1 aliphatic heterocycles. The molecule has 21 heavy (non-hydrogen) atoms. The first-order chi connectivity index (χ1) is 10.1. The minimum Gasteiger partial charge on any atom is -0.316 e. The normalized spacial score (nSPS) is 19.1. The summed E-state index contributed by atoms with van der Waals surface area (Å²) < 4.78 is 0. The van der Waals surface area contributed by atoms with E-state index in [1.54, 1.807) is 11.3 Å². The van der Waals surface area contributed by atoms with E-state index in [2.05, 4.69) is 38.2 Å². The molecule has 0 aromatic carbocycles. The highest BCUT2D eigenvalue weighted by Gasteiger charge is 2.24. The molecule has 2 aromatic rings. The van der Waals surface area contributed by atoms with E-state index in [0.29, 0.717) is 5.92 Å². The molecule has 1 fully saturated rings. The Balaban J connectivity index is 1.79. The fourth-order valence-electron chi connectivity index (χ4n) is 2.75. The van der Waals surface area contributed by atoms with Gasteiger partial charge in [0.2, 0.25) is 0 Å². The van der Waals surface area contributed by atoms with E-state index >= 15 is 0 Å². The quantitative estimate of drug-likeness (QED) is 0.940. The third-order valence-corrected chi connectivity index (χ3v) is 4.73. The molecular weight excluding hydrogens is 282 g/mol. The van der Waals surface area contributed by atoms with Crippen LogP contribution in [-0.4, -0.2) is 39.5 Å². The first-order valence-corrected chi connectivity index (χ1v) is 8.29. The molecule has 0 bridgehead atoms. The number of hydrogen-bond acceptors (Lipinski definition) is 6. The molecule has 1 atom stereocenters. The number of anilines is 2. The lowest BCUT2D eigenvalue weighted by Crippen LogP contribution is -2.19. The predicted molar refractivity (Wildman–Crippen MR) is 86.4 cm³/mol. The van der Waals surface area contributed by atoms with Crippen LogP contribution in [-0.2, 0) is 0 Å². The van der Waals surface area contributed by atoms with Crippen molar-refractivity contribution in [1.82, 2.24) is 19.9 Å². The van der Waals surface area contributed by atoms with Crippen molar-refractivity contribution in [2.75, 3.05) is 25.0 Å². The molecule has 1 N–H and O–H groups in total. The lowest BCUT2D eigenvalue weighted by molar-refractivity contribution is 0.353. The van der Waals surface area contributed by atoms with Crippen LogP contribution in [0.25, 0.3) is 0 Å². The number of nitrogens with one attached hydrogen (secondary N) is 1. The molecule has 3 heterocycles. The van der Waals surface area contributed by atoms with E-state index in [1.165, 1.54) is 13.0 Å². The Hall–Kier alpha value is -1.53.